The lowest BCUT2D eigenvalue weighted by Gasteiger charge is -2.28. The number of ether oxygens (including phenoxy) is 1. The molecule has 3 heteroatoms. The van der Waals surface area contributed by atoms with E-state index >= 15 is 0 Å². The molecule has 3 N–H and O–H groups in total. The molecule has 0 aliphatic heterocycles. The highest BCUT2D eigenvalue weighted by Crippen LogP contribution is 2.14. The van der Waals surface area contributed by atoms with Gasteiger partial charge in [-0.15, -0.1) is 0 Å². The van der Waals surface area contributed by atoms with Crippen molar-refractivity contribution in [2.24, 2.45) is 5.73 Å². The first kappa shape index (κ1) is 14.6. The van der Waals surface area contributed by atoms with Crippen molar-refractivity contribution < 1.29 is 4.74 Å². The summed E-state index contributed by atoms with van der Waals surface area (Å²) < 4.78 is 5.39. The average Bonchev–Trinajstić information content (AvgIpc) is 2.22. The van der Waals surface area contributed by atoms with Gasteiger partial charge in [-0.2, -0.15) is 0 Å². The zero-order valence-corrected chi connectivity index (χ0v) is 10.5. The van der Waals surface area contributed by atoms with Gasteiger partial charge in [-0.05, 0) is 40.2 Å². The molecule has 0 aromatic carbocycles. The molecule has 0 aliphatic rings. The fourth-order valence-corrected chi connectivity index (χ4v) is 1.45. The second-order valence-corrected chi connectivity index (χ2v) is 4.41. The van der Waals surface area contributed by atoms with Gasteiger partial charge in [0.2, 0.25) is 0 Å². The summed E-state index contributed by atoms with van der Waals surface area (Å²) in [5.74, 6) is 0. The number of rotatable bonds is 8. The third-order valence-electron chi connectivity index (χ3n) is 2.55. The van der Waals surface area contributed by atoms with Gasteiger partial charge < -0.3 is 15.8 Å². The van der Waals surface area contributed by atoms with E-state index in [-0.39, 0.29) is 5.60 Å². The molecule has 0 saturated carbocycles. The maximum Gasteiger partial charge on any atom is 0.0638 e. The zero-order chi connectivity index (χ0) is 11.7. The van der Waals surface area contributed by atoms with Crippen LogP contribution < -0.4 is 11.1 Å². The van der Waals surface area contributed by atoms with E-state index in [0.717, 1.165) is 19.4 Å². The van der Waals surface area contributed by atoms with Gasteiger partial charge in [-0.25, -0.2) is 0 Å². The summed E-state index contributed by atoms with van der Waals surface area (Å²) in [4.78, 5) is 0. The van der Waals surface area contributed by atoms with Crippen molar-refractivity contribution in [3.63, 3.8) is 0 Å². The minimum atomic E-state index is -0.0996. The quantitative estimate of drug-likeness (QED) is 0.477. The maximum atomic E-state index is 5.71. The van der Waals surface area contributed by atoms with Gasteiger partial charge >= 0.3 is 0 Å². The Morgan fingerprint density at radius 1 is 1.47 bits per heavy atom. The van der Waals surface area contributed by atoms with Crippen LogP contribution in [0, 0.1) is 0 Å². The Balaban J connectivity index is 3.82. The molecule has 0 rings (SSSR count). The van der Waals surface area contributed by atoms with E-state index in [9.17, 15) is 0 Å². The number of hydrogen-bond acceptors (Lipinski definition) is 3. The van der Waals surface area contributed by atoms with Crippen molar-refractivity contribution in [1.82, 2.24) is 5.32 Å². The first-order valence-corrected chi connectivity index (χ1v) is 5.65. The van der Waals surface area contributed by atoms with E-state index < -0.39 is 0 Å². The summed E-state index contributed by atoms with van der Waals surface area (Å²) in [6, 6.07) is 0.338. The van der Waals surface area contributed by atoms with Crippen LogP contribution in [0.5, 0.6) is 0 Å². The smallest absolute Gasteiger partial charge is 0.0638 e. The van der Waals surface area contributed by atoms with Crippen LogP contribution in [0.3, 0.4) is 0 Å². The van der Waals surface area contributed by atoms with E-state index in [2.05, 4.69) is 31.3 Å². The van der Waals surface area contributed by atoms with Crippen LogP contribution in [0.4, 0.5) is 0 Å². The Bertz CT molecular complexity index is 178. The van der Waals surface area contributed by atoms with Crippen molar-refractivity contribution in [2.45, 2.75) is 45.3 Å². The lowest BCUT2D eigenvalue weighted by molar-refractivity contribution is 0.00786. The lowest BCUT2D eigenvalue weighted by atomic mass is 9.99. The molecule has 0 aromatic rings. The fraction of sp³-hybridized carbons (Fsp3) is 0.833. The summed E-state index contributed by atoms with van der Waals surface area (Å²) in [5, 5.41) is 3.44. The second kappa shape index (κ2) is 7.85. The minimum absolute atomic E-state index is 0.0996. The molecule has 90 valence electrons. The summed E-state index contributed by atoms with van der Waals surface area (Å²) in [5.41, 5.74) is 5.61. The molecule has 0 saturated heterocycles. The SMILES string of the molecule is C/C=C/CCNC(CN)CC(C)(C)OC. The zero-order valence-electron chi connectivity index (χ0n) is 10.5. The average molecular weight is 214 g/mol. The molecule has 3 nitrogen and oxygen atoms in total. The first-order valence-electron chi connectivity index (χ1n) is 5.65. The highest BCUT2D eigenvalue weighted by molar-refractivity contribution is 4.82. The van der Waals surface area contributed by atoms with Gasteiger partial charge in [0, 0.05) is 19.7 Å². The molecule has 0 bridgehead atoms. The van der Waals surface area contributed by atoms with Crippen molar-refractivity contribution >= 4 is 0 Å². The normalized spacial score (nSPS) is 14.7. The monoisotopic (exact) mass is 214 g/mol. The van der Waals surface area contributed by atoms with E-state index in [1.54, 1.807) is 7.11 Å². The second-order valence-electron chi connectivity index (χ2n) is 4.41. The van der Waals surface area contributed by atoms with E-state index in [0.29, 0.717) is 12.6 Å². The Morgan fingerprint density at radius 2 is 2.13 bits per heavy atom. The van der Waals surface area contributed by atoms with Gasteiger partial charge in [-0.1, -0.05) is 12.2 Å². The number of nitrogens with two attached hydrogens (primary N) is 1. The Hall–Kier alpha value is -0.380. The highest BCUT2D eigenvalue weighted by atomic mass is 16.5. The van der Waals surface area contributed by atoms with Crippen molar-refractivity contribution in [3.8, 4) is 0 Å². The van der Waals surface area contributed by atoms with E-state index in [1.807, 2.05) is 6.92 Å². The lowest BCUT2D eigenvalue weighted by Crippen LogP contribution is -2.42. The molecule has 1 unspecified atom stereocenters. The summed E-state index contributed by atoms with van der Waals surface area (Å²) in [6.45, 7) is 7.84. The molecule has 0 fully saturated rings. The molecule has 0 heterocycles. The van der Waals surface area contributed by atoms with Crippen LogP contribution in [-0.4, -0.2) is 31.8 Å². The maximum absolute atomic E-state index is 5.71. The predicted molar refractivity (Wildman–Crippen MR) is 66.0 cm³/mol. The highest BCUT2D eigenvalue weighted by Gasteiger charge is 2.21. The van der Waals surface area contributed by atoms with Crippen LogP contribution >= 0.6 is 0 Å². The van der Waals surface area contributed by atoms with Crippen LogP contribution in [0.15, 0.2) is 12.2 Å². The summed E-state index contributed by atoms with van der Waals surface area (Å²) in [6.07, 6.45) is 6.22. The molecule has 15 heavy (non-hydrogen) atoms. The van der Waals surface area contributed by atoms with Crippen LogP contribution in [-0.2, 0) is 4.74 Å². The summed E-state index contributed by atoms with van der Waals surface area (Å²) in [7, 11) is 1.74. The van der Waals surface area contributed by atoms with Crippen molar-refractivity contribution in [1.29, 1.82) is 0 Å². The van der Waals surface area contributed by atoms with Gasteiger partial charge in [0.15, 0.2) is 0 Å². The Labute approximate surface area is 94.1 Å². The standard InChI is InChI=1S/C12H26N2O/c1-5-6-7-8-14-11(10-13)9-12(2,3)15-4/h5-6,11,14H,7-10,13H2,1-4H3/b6-5+. The molecule has 0 amide bonds. The fourth-order valence-electron chi connectivity index (χ4n) is 1.45. The molecule has 0 aromatic heterocycles. The largest absolute Gasteiger partial charge is 0.379 e. The number of allylic oxidation sites excluding steroid dienone is 1. The van der Waals surface area contributed by atoms with Gasteiger partial charge in [0.25, 0.3) is 0 Å². The topological polar surface area (TPSA) is 47.3 Å². The van der Waals surface area contributed by atoms with Gasteiger partial charge in [-0.3, -0.25) is 0 Å². The number of methoxy groups -OCH3 is 1. The molecular weight excluding hydrogens is 188 g/mol. The molecule has 0 spiro atoms. The molecule has 0 radical (unpaired) electrons. The third kappa shape index (κ3) is 7.54. The number of nitrogens with one attached hydrogen (secondary N) is 1. The van der Waals surface area contributed by atoms with Crippen LogP contribution in [0.2, 0.25) is 0 Å². The Kier molecular flexibility index (Phi) is 7.65. The minimum Gasteiger partial charge on any atom is -0.379 e. The first-order chi connectivity index (χ1) is 7.05. The van der Waals surface area contributed by atoms with Crippen molar-refractivity contribution in [3.05, 3.63) is 12.2 Å². The Morgan fingerprint density at radius 3 is 2.60 bits per heavy atom. The van der Waals surface area contributed by atoms with Gasteiger partial charge in [0.1, 0.15) is 0 Å². The van der Waals surface area contributed by atoms with Gasteiger partial charge in [0.05, 0.1) is 5.60 Å². The predicted octanol–water partition coefficient (Wildman–Crippen LogP) is 1.68. The molecular formula is C12H26N2O. The van der Waals surface area contributed by atoms with Crippen LogP contribution in [0.1, 0.15) is 33.6 Å². The van der Waals surface area contributed by atoms with Crippen LogP contribution in [0.25, 0.3) is 0 Å². The summed E-state index contributed by atoms with van der Waals surface area (Å²) >= 11 is 0. The van der Waals surface area contributed by atoms with E-state index in [4.69, 9.17) is 10.5 Å². The third-order valence-corrected chi connectivity index (χ3v) is 2.55. The molecule has 0 aliphatic carbocycles. The van der Waals surface area contributed by atoms with Crippen molar-refractivity contribution in [2.75, 3.05) is 20.2 Å². The number of hydrogen-bond donors (Lipinski definition) is 2. The van der Waals surface area contributed by atoms with E-state index in [1.165, 1.54) is 0 Å². The molecule has 1 atom stereocenters.